The van der Waals surface area contributed by atoms with Crippen LogP contribution in [-0.2, 0) is 4.74 Å². The van der Waals surface area contributed by atoms with Crippen molar-refractivity contribution < 1.29 is 24.4 Å². The molecule has 1 aliphatic rings. The molecule has 0 bridgehead atoms. The van der Waals surface area contributed by atoms with Crippen molar-refractivity contribution >= 4 is 23.3 Å². The highest BCUT2D eigenvalue weighted by molar-refractivity contribution is 7.71. The van der Waals surface area contributed by atoms with E-state index in [2.05, 4.69) is 9.97 Å². The van der Waals surface area contributed by atoms with E-state index in [4.69, 9.17) is 22.1 Å². The number of hydrogen-bond donors (Lipinski definition) is 4. The normalized spacial score (nSPS) is 27.7. The molecule has 4 atom stereocenters. The predicted molar refractivity (Wildman–Crippen MR) is 78.9 cm³/mol. The van der Waals surface area contributed by atoms with Gasteiger partial charge in [-0.2, -0.15) is 0 Å². The van der Waals surface area contributed by atoms with E-state index in [-0.39, 0.29) is 21.4 Å². The van der Waals surface area contributed by atoms with Gasteiger partial charge < -0.3 is 25.0 Å². The Hall–Kier alpha value is -1.72. The molecular weight excluding hydrogens is 329 g/mol. The van der Waals surface area contributed by atoms with Gasteiger partial charge in [-0.15, -0.1) is 0 Å². The molecule has 23 heavy (non-hydrogen) atoms. The molecule has 0 aliphatic carbocycles. The molecule has 8 nitrogen and oxygen atoms in total. The number of nitrogens with zero attached hydrogens (tertiary/aromatic N) is 2. The third kappa shape index (κ3) is 2.48. The van der Waals surface area contributed by atoms with Crippen molar-refractivity contribution in [2.24, 2.45) is 0 Å². The second kappa shape index (κ2) is 5.73. The molecule has 3 heterocycles. The van der Waals surface area contributed by atoms with E-state index < -0.39 is 42.5 Å². The van der Waals surface area contributed by atoms with Gasteiger partial charge in [0.05, 0.1) is 6.61 Å². The van der Waals surface area contributed by atoms with Crippen molar-refractivity contribution in [1.82, 2.24) is 14.5 Å². The number of aromatic amines is 1. The van der Waals surface area contributed by atoms with E-state index in [0.29, 0.717) is 0 Å². The Morgan fingerprint density at radius 3 is 2.78 bits per heavy atom. The zero-order valence-corrected chi connectivity index (χ0v) is 12.7. The van der Waals surface area contributed by atoms with Crippen molar-refractivity contribution in [3.8, 4) is 0 Å². The lowest BCUT2D eigenvalue weighted by Crippen LogP contribution is -2.33. The van der Waals surface area contributed by atoms with Crippen molar-refractivity contribution in [3.05, 3.63) is 32.7 Å². The van der Waals surface area contributed by atoms with Gasteiger partial charge in [-0.05, 0) is 19.1 Å². The van der Waals surface area contributed by atoms with E-state index in [1.807, 2.05) is 0 Å². The predicted octanol–water partition coefficient (Wildman–Crippen LogP) is -0.487. The van der Waals surface area contributed by atoms with E-state index in [1.54, 1.807) is 0 Å². The lowest BCUT2D eigenvalue weighted by atomic mass is 10.1. The van der Waals surface area contributed by atoms with Gasteiger partial charge >= 0.3 is 0 Å². The lowest BCUT2D eigenvalue weighted by molar-refractivity contribution is -0.0538. The maximum Gasteiger partial charge on any atom is 0.285 e. The van der Waals surface area contributed by atoms with E-state index in [0.717, 1.165) is 0 Å². The van der Waals surface area contributed by atoms with Gasteiger partial charge in [0.1, 0.15) is 24.0 Å². The standard InChI is InChI=1S/C13H14FN3O5S/c1-4-5-2-17(12-9(20)8(19)6(3-18)22-12)13(23)16-10(5)15-11(21)7(4)14/h2,6,8-9,12,18-20H,3H2,1H3,(H,15,16,21,23). The fraction of sp³-hybridized carbons (Fsp3) is 0.462. The number of halogens is 1. The Morgan fingerprint density at radius 1 is 1.48 bits per heavy atom. The summed E-state index contributed by atoms with van der Waals surface area (Å²) in [4.78, 5) is 17.7. The fourth-order valence-electron chi connectivity index (χ4n) is 2.58. The number of hydrogen-bond acceptors (Lipinski definition) is 7. The summed E-state index contributed by atoms with van der Waals surface area (Å²) in [5.74, 6) is -0.941. The number of pyridine rings is 1. The van der Waals surface area contributed by atoms with Gasteiger partial charge in [0.2, 0.25) is 4.77 Å². The second-order valence-electron chi connectivity index (χ2n) is 5.31. The largest absolute Gasteiger partial charge is 0.394 e. The van der Waals surface area contributed by atoms with E-state index in [1.165, 1.54) is 17.7 Å². The minimum absolute atomic E-state index is 0.0333. The van der Waals surface area contributed by atoms with Crippen LogP contribution in [-0.4, -0.2) is 54.8 Å². The molecule has 1 fully saturated rings. The maximum atomic E-state index is 13.8. The number of aryl methyl sites for hydroxylation is 1. The number of H-pyrrole nitrogens is 1. The summed E-state index contributed by atoms with van der Waals surface area (Å²) in [6.07, 6.45) is -3.30. The smallest absolute Gasteiger partial charge is 0.285 e. The average molecular weight is 343 g/mol. The van der Waals surface area contributed by atoms with Crippen LogP contribution in [0, 0.1) is 17.5 Å². The van der Waals surface area contributed by atoms with Crippen LogP contribution in [0.3, 0.4) is 0 Å². The first-order chi connectivity index (χ1) is 10.8. The lowest BCUT2D eigenvalue weighted by Gasteiger charge is -2.19. The number of nitrogens with one attached hydrogen (secondary N) is 1. The Morgan fingerprint density at radius 2 is 2.17 bits per heavy atom. The van der Waals surface area contributed by atoms with Crippen LogP contribution in [0.4, 0.5) is 4.39 Å². The van der Waals surface area contributed by atoms with Crippen molar-refractivity contribution in [3.63, 3.8) is 0 Å². The van der Waals surface area contributed by atoms with Crippen LogP contribution in [0.15, 0.2) is 11.0 Å². The van der Waals surface area contributed by atoms with E-state index >= 15 is 0 Å². The first kappa shape index (κ1) is 16.1. The number of aliphatic hydroxyl groups is 3. The van der Waals surface area contributed by atoms with Gasteiger partial charge in [0, 0.05) is 17.1 Å². The zero-order chi connectivity index (χ0) is 16.9. The minimum Gasteiger partial charge on any atom is -0.394 e. The van der Waals surface area contributed by atoms with Crippen LogP contribution in [0.5, 0.6) is 0 Å². The first-order valence-electron chi connectivity index (χ1n) is 6.79. The summed E-state index contributed by atoms with van der Waals surface area (Å²) in [6.45, 7) is 0.934. The molecule has 4 N–H and O–H groups in total. The van der Waals surface area contributed by atoms with Crippen molar-refractivity contribution in [1.29, 1.82) is 0 Å². The number of aliphatic hydroxyl groups excluding tert-OH is 3. The highest BCUT2D eigenvalue weighted by Gasteiger charge is 2.43. The summed E-state index contributed by atoms with van der Waals surface area (Å²) in [5, 5.41) is 29.3. The molecule has 2 aromatic heterocycles. The number of rotatable bonds is 2. The molecule has 0 saturated carbocycles. The third-order valence-electron chi connectivity index (χ3n) is 3.91. The Labute approximate surface area is 133 Å². The monoisotopic (exact) mass is 343 g/mol. The number of aromatic nitrogens is 3. The van der Waals surface area contributed by atoms with E-state index in [9.17, 15) is 19.4 Å². The molecule has 3 rings (SSSR count). The summed E-state index contributed by atoms with van der Waals surface area (Å²) >= 11 is 5.10. The van der Waals surface area contributed by atoms with Crippen LogP contribution in [0.1, 0.15) is 11.8 Å². The van der Waals surface area contributed by atoms with Gasteiger partial charge in [0.25, 0.3) is 5.56 Å². The van der Waals surface area contributed by atoms with Gasteiger partial charge in [-0.3, -0.25) is 9.36 Å². The second-order valence-corrected chi connectivity index (χ2v) is 5.68. The van der Waals surface area contributed by atoms with Crippen LogP contribution in [0.2, 0.25) is 0 Å². The average Bonchev–Trinajstić information content (AvgIpc) is 2.80. The Kier molecular flexibility index (Phi) is 4.02. The molecular formula is C13H14FN3O5S. The van der Waals surface area contributed by atoms with Crippen LogP contribution >= 0.6 is 12.2 Å². The minimum atomic E-state index is -1.34. The third-order valence-corrected chi connectivity index (χ3v) is 4.21. The maximum absolute atomic E-state index is 13.8. The number of ether oxygens (including phenoxy) is 1. The molecule has 0 amide bonds. The quantitative estimate of drug-likeness (QED) is 0.543. The molecule has 124 valence electrons. The summed E-state index contributed by atoms with van der Waals surface area (Å²) < 4.78 is 20.4. The zero-order valence-electron chi connectivity index (χ0n) is 11.9. The molecule has 0 radical (unpaired) electrons. The topological polar surface area (TPSA) is 121 Å². The van der Waals surface area contributed by atoms with Gasteiger partial charge in [-0.1, -0.05) is 0 Å². The van der Waals surface area contributed by atoms with Gasteiger partial charge in [0.15, 0.2) is 12.0 Å². The summed E-state index contributed by atoms with van der Waals surface area (Å²) in [6, 6.07) is 0. The van der Waals surface area contributed by atoms with Crippen LogP contribution < -0.4 is 5.56 Å². The highest BCUT2D eigenvalue weighted by Crippen LogP contribution is 2.30. The SMILES string of the molecule is Cc1c(F)c(=O)[nH]c2nc(=S)n(C3OC(CO)C(O)C3O)cc12. The van der Waals surface area contributed by atoms with Crippen molar-refractivity contribution in [2.45, 2.75) is 31.5 Å². The molecule has 0 spiro atoms. The molecule has 0 aromatic carbocycles. The number of fused-ring (bicyclic) bond motifs is 1. The summed E-state index contributed by atoms with van der Waals surface area (Å²) in [5.41, 5.74) is -0.712. The molecule has 1 aliphatic heterocycles. The fourth-order valence-corrected chi connectivity index (χ4v) is 2.83. The highest BCUT2D eigenvalue weighted by atomic mass is 32.1. The Balaban J connectivity index is 2.18. The van der Waals surface area contributed by atoms with Crippen LogP contribution in [0.25, 0.3) is 11.0 Å². The van der Waals surface area contributed by atoms with Crippen molar-refractivity contribution in [2.75, 3.05) is 6.61 Å². The molecule has 4 unspecified atom stereocenters. The molecule has 1 saturated heterocycles. The summed E-state index contributed by atoms with van der Waals surface area (Å²) in [7, 11) is 0. The molecule has 2 aromatic rings. The van der Waals surface area contributed by atoms with Gasteiger partial charge in [-0.25, -0.2) is 9.37 Å². The first-order valence-corrected chi connectivity index (χ1v) is 7.19. The molecule has 10 heteroatoms. The Bertz CT molecular complexity index is 882.